The van der Waals surface area contributed by atoms with Crippen molar-refractivity contribution in [2.24, 2.45) is 5.92 Å². The fourth-order valence-corrected chi connectivity index (χ4v) is 3.53. The summed E-state index contributed by atoms with van der Waals surface area (Å²) in [5.74, 6) is 0.988. The standard InChI is InChI=1S/C19H29N3O/c1-15(13-17-3-2-10-20-14-17)22-11-8-16(9-12-22)4-7-19(23)21-18-5-6-18/h2-3,10,14-16,18H,4-9,11-13H2,1H3,(H,21,23). The summed E-state index contributed by atoms with van der Waals surface area (Å²) in [7, 11) is 0. The summed E-state index contributed by atoms with van der Waals surface area (Å²) in [6, 6.07) is 5.24. The SMILES string of the molecule is CC(Cc1cccnc1)N1CCC(CCC(=O)NC2CC2)CC1. The maximum absolute atomic E-state index is 11.8. The van der Waals surface area contributed by atoms with E-state index in [9.17, 15) is 4.79 Å². The first-order chi connectivity index (χ1) is 11.2. The second kappa shape index (κ2) is 7.91. The van der Waals surface area contributed by atoms with E-state index in [1.165, 1.54) is 31.2 Å². The minimum Gasteiger partial charge on any atom is -0.353 e. The summed E-state index contributed by atoms with van der Waals surface area (Å²) in [6.07, 6.45) is 11.5. The van der Waals surface area contributed by atoms with E-state index in [4.69, 9.17) is 0 Å². The minimum absolute atomic E-state index is 0.264. The topological polar surface area (TPSA) is 45.2 Å². The molecule has 0 bridgehead atoms. The van der Waals surface area contributed by atoms with Crippen LogP contribution in [-0.2, 0) is 11.2 Å². The van der Waals surface area contributed by atoms with Crippen LogP contribution in [0.2, 0.25) is 0 Å². The number of amides is 1. The Morgan fingerprint density at radius 2 is 2.13 bits per heavy atom. The van der Waals surface area contributed by atoms with Crippen molar-refractivity contribution in [3.05, 3.63) is 30.1 Å². The number of hydrogen-bond donors (Lipinski definition) is 1. The van der Waals surface area contributed by atoms with Crippen LogP contribution in [0.5, 0.6) is 0 Å². The highest BCUT2D eigenvalue weighted by atomic mass is 16.1. The normalized spacial score (nSPS) is 21.1. The molecule has 1 saturated carbocycles. The summed E-state index contributed by atoms with van der Waals surface area (Å²) in [5.41, 5.74) is 1.32. The van der Waals surface area contributed by atoms with Gasteiger partial charge in [0.2, 0.25) is 5.91 Å². The van der Waals surface area contributed by atoms with Crippen molar-refractivity contribution in [1.29, 1.82) is 0 Å². The van der Waals surface area contributed by atoms with Crippen LogP contribution in [0.25, 0.3) is 0 Å². The Morgan fingerprint density at radius 3 is 2.78 bits per heavy atom. The third-order valence-corrected chi connectivity index (χ3v) is 5.25. The molecule has 1 amide bonds. The lowest BCUT2D eigenvalue weighted by Gasteiger charge is -2.36. The summed E-state index contributed by atoms with van der Waals surface area (Å²) in [6.45, 7) is 4.64. The van der Waals surface area contributed by atoms with Crippen molar-refractivity contribution >= 4 is 5.91 Å². The van der Waals surface area contributed by atoms with Crippen molar-refractivity contribution < 1.29 is 4.79 Å². The summed E-state index contributed by atoms with van der Waals surface area (Å²) in [4.78, 5) is 18.6. The Labute approximate surface area is 139 Å². The number of hydrogen-bond acceptors (Lipinski definition) is 3. The van der Waals surface area contributed by atoms with E-state index in [-0.39, 0.29) is 5.91 Å². The van der Waals surface area contributed by atoms with E-state index in [2.05, 4.69) is 28.2 Å². The molecule has 4 heteroatoms. The average Bonchev–Trinajstić information content (AvgIpc) is 3.38. The molecule has 1 unspecified atom stereocenters. The van der Waals surface area contributed by atoms with Gasteiger partial charge in [0.15, 0.2) is 0 Å². The summed E-state index contributed by atoms with van der Waals surface area (Å²) < 4.78 is 0. The van der Waals surface area contributed by atoms with Gasteiger partial charge in [-0.3, -0.25) is 9.78 Å². The molecule has 1 aromatic rings. The first-order valence-electron chi connectivity index (χ1n) is 9.13. The molecule has 2 heterocycles. The maximum atomic E-state index is 11.8. The number of piperidine rings is 1. The molecular weight excluding hydrogens is 286 g/mol. The number of carbonyl (C=O) groups excluding carboxylic acids is 1. The summed E-state index contributed by atoms with van der Waals surface area (Å²) >= 11 is 0. The molecule has 3 rings (SSSR count). The number of rotatable bonds is 7. The van der Waals surface area contributed by atoms with E-state index in [0.717, 1.165) is 31.8 Å². The van der Waals surface area contributed by atoms with Crippen molar-refractivity contribution in [2.75, 3.05) is 13.1 Å². The highest BCUT2D eigenvalue weighted by molar-refractivity contribution is 5.76. The highest BCUT2D eigenvalue weighted by Gasteiger charge is 2.25. The van der Waals surface area contributed by atoms with Crippen LogP contribution in [0.15, 0.2) is 24.5 Å². The number of pyridine rings is 1. The third kappa shape index (κ3) is 5.31. The smallest absolute Gasteiger partial charge is 0.220 e. The first-order valence-corrected chi connectivity index (χ1v) is 9.13. The molecule has 4 nitrogen and oxygen atoms in total. The minimum atomic E-state index is 0.264. The average molecular weight is 315 g/mol. The molecule has 0 spiro atoms. The Kier molecular flexibility index (Phi) is 5.65. The quantitative estimate of drug-likeness (QED) is 0.841. The zero-order chi connectivity index (χ0) is 16.1. The second-order valence-electron chi connectivity index (χ2n) is 7.27. The van der Waals surface area contributed by atoms with Gasteiger partial charge < -0.3 is 10.2 Å². The van der Waals surface area contributed by atoms with E-state index >= 15 is 0 Å². The van der Waals surface area contributed by atoms with Crippen LogP contribution in [-0.4, -0.2) is 41.0 Å². The molecule has 1 saturated heterocycles. The zero-order valence-corrected chi connectivity index (χ0v) is 14.2. The zero-order valence-electron chi connectivity index (χ0n) is 14.2. The van der Waals surface area contributed by atoms with Gasteiger partial charge in [-0.1, -0.05) is 6.07 Å². The maximum Gasteiger partial charge on any atom is 0.220 e. The van der Waals surface area contributed by atoms with Gasteiger partial charge in [0.05, 0.1) is 0 Å². The van der Waals surface area contributed by atoms with Crippen molar-refractivity contribution in [2.45, 2.75) is 64.0 Å². The van der Waals surface area contributed by atoms with Crippen LogP contribution in [0.4, 0.5) is 0 Å². The predicted molar refractivity (Wildman–Crippen MR) is 92.1 cm³/mol. The molecule has 1 aromatic heterocycles. The lowest BCUT2D eigenvalue weighted by molar-refractivity contribution is -0.121. The van der Waals surface area contributed by atoms with Gasteiger partial charge in [-0.25, -0.2) is 0 Å². The van der Waals surface area contributed by atoms with E-state index in [1.54, 1.807) is 0 Å². The number of nitrogens with zero attached hydrogens (tertiary/aromatic N) is 2. The highest BCUT2D eigenvalue weighted by Crippen LogP contribution is 2.24. The Balaban J connectivity index is 1.35. The van der Waals surface area contributed by atoms with Gasteiger partial charge in [0.1, 0.15) is 0 Å². The van der Waals surface area contributed by atoms with Crippen LogP contribution >= 0.6 is 0 Å². The van der Waals surface area contributed by atoms with Gasteiger partial charge in [-0.05, 0) is 76.1 Å². The van der Waals surface area contributed by atoms with Gasteiger partial charge in [-0.15, -0.1) is 0 Å². The number of nitrogens with one attached hydrogen (secondary N) is 1. The Bertz CT molecular complexity index is 493. The second-order valence-corrected chi connectivity index (χ2v) is 7.27. The van der Waals surface area contributed by atoms with Crippen molar-refractivity contribution in [1.82, 2.24) is 15.2 Å². The molecule has 1 N–H and O–H groups in total. The molecule has 1 aliphatic heterocycles. The molecule has 126 valence electrons. The Morgan fingerprint density at radius 1 is 1.35 bits per heavy atom. The van der Waals surface area contributed by atoms with Crippen LogP contribution in [0, 0.1) is 5.92 Å². The van der Waals surface area contributed by atoms with Gasteiger partial charge in [0.25, 0.3) is 0 Å². The monoisotopic (exact) mass is 315 g/mol. The fraction of sp³-hybridized carbons (Fsp3) is 0.684. The lowest BCUT2D eigenvalue weighted by Crippen LogP contribution is -2.41. The fourth-order valence-electron chi connectivity index (χ4n) is 3.53. The van der Waals surface area contributed by atoms with E-state index in [1.807, 2.05) is 18.5 Å². The number of carbonyl (C=O) groups is 1. The molecule has 0 radical (unpaired) electrons. The van der Waals surface area contributed by atoms with Crippen LogP contribution < -0.4 is 5.32 Å². The molecule has 23 heavy (non-hydrogen) atoms. The molecule has 0 aromatic carbocycles. The van der Waals surface area contributed by atoms with Crippen LogP contribution in [0.3, 0.4) is 0 Å². The molecule has 1 atom stereocenters. The van der Waals surface area contributed by atoms with Gasteiger partial charge in [0, 0.05) is 30.9 Å². The molecule has 2 fully saturated rings. The molecule has 2 aliphatic rings. The molecule has 1 aliphatic carbocycles. The van der Waals surface area contributed by atoms with E-state index < -0.39 is 0 Å². The van der Waals surface area contributed by atoms with Gasteiger partial charge in [-0.2, -0.15) is 0 Å². The first kappa shape index (κ1) is 16.4. The predicted octanol–water partition coefficient (Wildman–Crippen LogP) is 2.78. The van der Waals surface area contributed by atoms with Crippen molar-refractivity contribution in [3.8, 4) is 0 Å². The van der Waals surface area contributed by atoms with Crippen molar-refractivity contribution in [3.63, 3.8) is 0 Å². The van der Waals surface area contributed by atoms with Crippen LogP contribution in [0.1, 0.15) is 51.0 Å². The molecular formula is C19H29N3O. The third-order valence-electron chi connectivity index (χ3n) is 5.25. The Hall–Kier alpha value is -1.42. The lowest BCUT2D eigenvalue weighted by atomic mass is 9.91. The number of likely N-dealkylation sites (tertiary alicyclic amines) is 1. The summed E-state index contributed by atoms with van der Waals surface area (Å²) in [5, 5.41) is 3.09. The van der Waals surface area contributed by atoms with Gasteiger partial charge >= 0.3 is 0 Å². The largest absolute Gasteiger partial charge is 0.353 e. The van der Waals surface area contributed by atoms with E-state index in [0.29, 0.717) is 18.5 Å². The number of aromatic nitrogens is 1.